The number of carboxylic acid groups (broad SMARTS) is 1. The predicted molar refractivity (Wildman–Crippen MR) is 29.1 cm³/mol. The summed E-state index contributed by atoms with van der Waals surface area (Å²) in [6.45, 7) is 1.86. The molecule has 0 aliphatic heterocycles. The Bertz CT molecular complexity index is 99.2. The van der Waals surface area contributed by atoms with Crippen molar-refractivity contribution >= 4 is 5.97 Å². The Morgan fingerprint density at radius 1 is 1.67 bits per heavy atom. The Balaban J connectivity index is 0. The standard InChI is InChI=1S/C6H10O2.Na/c1-2-3-4-5-6(7)8;/h2-3H,4-5H2,1H3,(H,7,8);/q;+1/p-1/b3-2+;. The zero-order valence-corrected chi connectivity index (χ0v) is 7.89. The van der Waals surface area contributed by atoms with E-state index in [0.29, 0.717) is 6.42 Å². The summed E-state index contributed by atoms with van der Waals surface area (Å²) in [5, 5.41) is 9.73. The van der Waals surface area contributed by atoms with Gasteiger partial charge in [-0.05, 0) is 19.8 Å². The second kappa shape index (κ2) is 8.21. The normalized spacial score (nSPS) is 9.00. The number of hydrogen-bond acceptors (Lipinski definition) is 2. The fourth-order valence-electron chi connectivity index (χ4n) is 0.368. The van der Waals surface area contributed by atoms with Gasteiger partial charge in [-0.2, -0.15) is 0 Å². The summed E-state index contributed by atoms with van der Waals surface area (Å²) in [4.78, 5) is 9.73. The average molecular weight is 136 g/mol. The molecule has 0 atom stereocenters. The van der Waals surface area contributed by atoms with Crippen molar-refractivity contribution in [2.45, 2.75) is 19.8 Å². The van der Waals surface area contributed by atoms with Gasteiger partial charge < -0.3 is 9.90 Å². The third-order valence-electron chi connectivity index (χ3n) is 0.751. The van der Waals surface area contributed by atoms with Crippen molar-refractivity contribution in [3.05, 3.63) is 12.2 Å². The molecular weight excluding hydrogens is 127 g/mol. The van der Waals surface area contributed by atoms with Crippen LogP contribution < -0.4 is 34.7 Å². The molecule has 0 saturated carbocycles. The molecule has 0 N–H and O–H groups in total. The molecule has 0 rings (SSSR count). The summed E-state index contributed by atoms with van der Waals surface area (Å²) in [5.41, 5.74) is 0. The zero-order chi connectivity index (χ0) is 6.41. The number of aliphatic carboxylic acids is 1. The van der Waals surface area contributed by atoms with Crippen molar-refractivity contribution in [3.63, 3.8) is 0 Å². The van der Waals surface area contributed by atoms with Crippen molar-refractivity contribution in [3.8, 4) is 0 Å². The molecule has 0 aromatic rings. The number of hydrogen-bond donors (Lipinski definition) is 0. The van der Waals surface area contributed by atoms with Crippen LogP contribution >= 0.6 is 0 Å². The van der Waals surface area contributed by atoms with Gasteiger partial charge in [-0.25, -0.2) is 0 Å². The fraction of sp³-hybridized carbons (Fsp3) is 0.500. The van der Waals surface area contributed by atoms with Gasteiger partial charge in [-0.3, -0.25) is 0 Å². The van der Waals surface area contributed by atoms with Crippen molar-refractivity contribution in [1.29, 1.82) is 0 Å². The zero-order valence-electron chi connectivity index (χ0n) is 5.89. The van der Waals surface area contributed by atoms with Gasteiger partial charge in [-0.1, -0.05) is 12.2 Å². The van der Waals surface area contributed by atoms with Crippen LogP contribution in [-0.4, -0.2) is 5.97 Å². The van der Waals surface area contributed by atoms with Crippen LogP contribution in [0.4, 0.5) is 0 Å². The molecule has 0 aromatic carbocycles. The minimum Gasteiger partial charge on any atom is -0.550 e. The molecule has 0 radical (unpaired) electrons. The van der Waals surface area contributed by atoms with Crippen LogP contribution in [-0.2, 0) is 4.79 Å². The molecule has 0 spiro atoms. The Hall–Kier alpha value is 0.210. The molecule has 0 unspecified atom stereocenters. The van der Waals surface area contributed by atoms with Gasteiger partial charge in [0.05, 0.1) is 0 Å². The van der Waals surface area contributed by atoms with E-state index in [4.69, 9.17) is 0 Å². The van der Waals surface area contributed by atoms with E-state index in [0.717, 1.165) is 0 Å². The van der Waals surface area contributed by atoms with Gasteiger partial charge in [0.15, 0.2) is 0 Å². The van der Waals surface area contributed by atoms with Crippen LogP contribution in [0.3, 0.4) is 0 Å². The van der Waals surface area contributed by atoms with E-state index >= 15 is 0 Å². The quantitative estimate of drug-likeness (QED) is 0.308. The van der Waals surface area contributed by atoms with Gasteiger partial charge >= 0.3 is 29.6 Å². The number of carboxylic acids is 1. The Kier molecular flexibility index (Phi) is 10.9. The van der Waals surface area contributed by atoms with Crippen LogP contribution in [0.15, 0.2) is 12.2 Å². The number of carbonyl (C=O) groups excluding carboxylic acids is 1. The summed E-state index contributed by atoms with van der Waals surface area (Å²) in [7, 11) is 0. The van der Waals surface area contributed by atoms with E-state index in [2.05, 4.69) is 0 Å². The molecule has 0 aromatic heterocycles. The summed E-state index contributed by atoms with van der Waals surface area (Å²) < 4.78 is 0. The molecule has 0 saturated heterocycles. The van der Waals surface area contributed by atoms with E-state index in [1.807, 2.05) is 13.0 Å². The first-order valence-corrected chi connectivity index (χ1v) is 2.58. The van der Waals surface area contributed by atoms with Gasteiger partial charge in [0.2, 0.25) is 0 Å². The second-order valence-corrected chi connectivity index (χ2v) is 1.48. The maximum absolute atomic E-state index is 9.73. The van der Waals surface area contributed by atoms with Crippen LogP contribution in [0.25, 0.3) is 0 Å². The molecule has 46 valence electrons. The van der Waals surface area contributed by atoms with Gasteiger partial charge in [0.25, 0.3) is 0 Å². The van der Waals surface area contributed by atoms with Crippen LogP contribution in [0, 0.1) is 0 Å². The molecular formula is C6H9NaO2. The number of allylic oxidation sites excluding steroid dienone is 2. The van der Waals surface area contributed by atoms with Crippen LogP contribution in [0.2, 0.25) is 0 Å². The SMILES string of the molecule is C/C=C/CCC(=O)[O-].[Na+]. The first kappa shape index (κ1) is 11.9. The Morgan fingerprint density at radius 3 is 2.56 bits per heavy atom. The largest absolute Gasteiger partial charge is 1.00 e. The predicted octanol–water partition coefficient (Wildman–Crippen LogP) is -2.90. The summed E-state index contributed by atoms with van der Waals surface area (Å²) in [6.07, 6.45) is 4.34. The van der Waals surface area contributed by atoms with Gasteiger partial charge in [-0.15, -0.1) is 0 Å². The summed E-state index contributed by atoms with van der Waals surface area (Å²) >= 11 is 0. The summed E-state index contributed by atoms with van der Waals surface area (Å²) in [5.74, 6) is -0.983. The third-order valence-corrected chi connectivity index (χ3v) is 0.751. The molecule has 2 nitrogen and oxygen atoms in total. The molecule has 0 bridgehead atoms. The number of rotatable bonds is 3. The molecule has 9 heavy (non-hydrogen) atoms. The van der Waals surface area contributed by atoms with Crippen LogP contribution in [0.1, 0.15) is 19.8 Å². The molecule has 3 heteroatoms. The minimum absolute atomic E-state index is 0. The Morgan fingerprint density at radius 2 is 2.22 bits per heavy atom. The maximum atomic E-state index is 9.73. The third kappa shape index (κ3) is 11.7. The van der Waals surface area contributed by atoms with Crippen molar-refractivity contribution in [2.75, 3.05) is 0 Å². The first-order valence-electron chi connectivity index (χ1n) is 2.58. The molecule has 0 heterocycles. The fourth-order valence-corrected chi connectivity index (χ4v) is 0.368. The monoisotopic (exact) mass is 136 g/mol. The van der Waals surface area contributed by atoms with Crippen molar-refractivity contribution in [1.82, 2.24) is 0 Å². The van der Waals surface area contributed by atoms with E-state index in [9.17, 15) is 9.90 Å². The van der Waals surface area contributed by atoms with Crippen LogP contribution in [0.5, 0.6) is 0 Å². The Labute approximate surface area is 77.2 Å². The van der Waals surface area contributed by atoms with E-state index in [1.165, 1.54) is 0 Å². The molecule has 0 aliphatic carbocycles. The van der Waals surface area contributed by atoms with Gasteiger partial charge in [0, 0.05) is 5.97 Å². The first-order chi connectivity index (χ1) is 3.77. The molecule has 0 fully saturated rings. The molecule has 0 aliphatic rings. The average Bonchev–Trinajstić information content (AvgIpc) is 1.66. The molecule has 0 amide bonds. The topological polar surface area (TPSA) is 40.1 Å². The maximum Gasteiger partial charge on any atom is 1.00 e. The minimum atomic E-state index is -0.983. The second-order valence-electron chi connectivity index (χ2n) is 1.48. The van der Waals surface area contributed by atoms with E-state index < -0.39 is 5.97 Å². The van der Waals surface area contributed by atoms with E-state index in [-0.39, 0.29) is 36.0 Å². The number of carbonyl (C=O) groups is 1. The van der Waals surface area contributed by atoms with Gasteiger partial charge in [0.1, 0.15) is 0 Å². The van der Waals surface area contributed by atoms with Crippen molar-refractivity contribution < 1.29 is 39.5 Å². The van der Waals surface area contributed by atoms with Crippen molar-refractivity contribution in [2.24, 2.45) is 0 Å². The summed E-state index contributed by atoms with van der Waals surface area (Å²) in [6, 6.07) is 0. The van der Waals surface area contributed by atoms with E-state index in [1.54, 1.807) is 6.08 Å². The smallest absolute Gasteiger partial charge is 0.550 e.